The first-order valence-electron chi connectivity index (χ1n) is 16.7. The predicted octanol–water partition coefficient (Wildman–Crippen LogP) is 8.85. The van der Waals surface area contributed by atoms with E-state index in [2.05, 4.69) is 24.1 Å². The zero-order chi connectivity index (χ0) is 34.6. The summed E-state index contributed by atoms with van der Waals surface area (Å²) in [5.41, 5.74) is 2.67. The molecule has 0 amide bonds. The van der Waals surface area contributed by atoms with Crippen LogP contribution >= 0.6 is 7.60 Å². The van der Waals surface area contributed by atoms with E-state index in [1.807, 2.05) is 51.2 Å². The molecule has 2 aromatic carbocycles. The molecule has 0 radical (unpaired) electrons. The molecule has 0 spiro atoms. The molecule has 0 aliphatic carbocycles. The fourth-order valence-corrected chi connectivity index (χ4v) is 8.30. The van der Waals surface area contributed by atoms with Crippen molar-refractivity contribution in [2.75, 3.05) is 20.2 Å². The minimum Gasteiger partial charge on any atom is -0.461 e. The lowest BCUT2D eigenvalue weighted by Crippen LogP contribution is -2.31. The Morgan fingerprint density at radius 1 is 0.979 bits per heavy atom. The van der Waals surface area contributed by atoms with Crippen LogP contribution in [0.15, 0.2) is 76.9 Å². The Balaban J connectivity index is 2.04. The third-order valence-electron chi connectivity index (χ3n) is 8.22. The number of allylic oxidation sites excluding steroid dienone is 3. The van der Waals surface area contributed by atoms with Gasteiger partial charge in [0, 0.05) is 36.6 Å². The zero-order valence-electron chi connectivity index (χ0n) is 29.0. The van der Waals surface area contributed by atoms with E-state index in [4.69, 9.17) is 13.8 Å². The number of ether oxygens (including phenoxy) is 1. The summed E-state index contributed by atoms with van der Waals surface area (Å²) >= 11 is 0. The van der Waals surface area contributed by atoms with Crippen LogP contribution in [0.5, 0.6) is 0 Å². The third kappa shape index (κ3) is 10.9. The van der Waals surface area contributed by atoms with Crippen molar-refractivity contribution in [2.45, 2.75) is 105 Å². The highest BCUT2D eigenvalue weighted by atomic mass is 31.2. The number of esters is 1. The number of nitrogens with zero attached hydrogens (tertiary/aromatic N) is 2. The summed E-state index contributed by atoms with van der Waals surface area (Å²) in [6.45, 7) is 12.7. The monoisotopic (exact) mass is 669 g/mol. The van der Waals surface area contributed by atoms with Gasteiger partial charge >= 0.3 is 13.6 Å². The van der Waals surface area contributed by atoms with Crippen LogP contribution in [0.4, 0.5) is 5.69 Å². The van der Waals surface area contributed by atoms with E-state index in [1.54, 1.807) is 26.0 Å². The van der Waals surface area contributed by atoms with E-state index in [1.165, 1.54) is 12.1 Å². The van der Waals surface area contributed by atoms with Gasteiger partial charge in [-0.1, -0.05) is 82.0 Å². The fourth-order valence-electron chi connectivity index (χ4n) is 5.81. The number of nitrogens with one attached hydrogen (secondary N) is 1. The Labute approximate surface area is 280 Å². The van der Waals surface area contributed by atoms with E-state index in [0.717, 1.165) is 31.2 Å². The Bertz CT molecular complexity index is 1440. The van der Waals surface area contributed by atoms with Crippen molar-refractivity contribution in [3.63, 3.8) is 0 Å². The summed E-state index contributed by atoms with van der Waals surface area (Å²) in [6, 6.07) is 16.1. The average Bonchev–Trinajstić information content (AvgIpc) is 3.02. The number of hydrogen-bond acceptors (Lipinski definition) is 9. The molecule has 10 nitrogen and oxygen atoms in total. The van der Waals surface area contributed by atoms with Crippen LogP contribution in [0.25, 0.3) is 0 Å². The maximum atomic E-state index is 15.2. The second kappa shape index (κ2) is 18.3. The average molecular weight is 670 g/mol. The van der Waals surface area contributed by atoms with Gasteiger partial charge in [-0.2, -0.15) is 0 Å². The van der Waals surface area contributed by atoms with Crippen LogP contribution in [0.3, 0.4) is 0 Å². The molecule has 0 fully saturated rings. The van der Waals surface area contributed by atoms with Gasteiger partial charge < -0.3 is 19.1 Å². The lowest BCUT2D eigenvalue weighted by Gasteiger charge is -2.36. The normalized spacial score (nSPS) is 17.7. The topological polar surface area (TPSA) is 120 Å². The van der Waals surface area contributed by atoms with E-state index in [-0.39, 0.29) is 23.2 Å². The van der Waals surface area contributed by atoms with E-state index < -0.39 is 36.6 Å². The summed E-state index contributed by atoms with van der Waals surface area (Å²) in [5.74, 6) is -1.57. The largest absolute Gasteiger partial charge is 0.461 e. The molecule has 3 atom stereocenters. The SMILES string of the molecule is CCCCC(C)OP(=O)(OC(C)CCCC)C1=C(C)NC(C)=C(C(=O)OCCN(C)Cc2ccccc2)C1c1cccc([N+](=O)[O-])c1. The maximum Gasteiger partial charge on any atom is 0.360 e. The van der Waals surface area contributed by atoms with Gasteiger partial charge in [0.2, 0.25) is 0 Å². The summed E-state index contributed by atoms with van der Waals surface area (Å²) < 4.78 is 33.8. The second-order valence-corrected chi connectivity index (χ2v) is 14.3. The van der Waals surface area contributed by atoms with Crippen LogP contribution in [-0.4, -0.2) is 48.2 Å². The molecule has 1 N–H and O–H groups in total. The first-order chi connectivity index (χ1) is 22.4. The molecule has 258 valence electrons. The van der Waals surface area contributed by atoms with Crippen molar-refractivity contribution >= 4 is 19.3 Å². The number of non-ortho nitro benzene ring substituents is 1. The number of carbonyl (C=O) groups excluding carboxylic acids is 1. The minimum absolute atomic E-state index is 0.116. The molecule has 0 aromatic heterocycles. The summed E-state index contributed by atoms with van der Waals surface area (Å²) in [6.07, 6.45) is 4.22. The van der Waals surface area contributed by atoms with Crippen molar-refractivity contribution in [2.24, 2.45) is 0 Å². The van der Waals surface area contributed by atoms with Crippen LogP contribution in [0.1, 0.15) is 97.1 Å². The van der Waals surface area contributed by atoms with Crippen molar-refractivity contribution in [1.82, 2.24) is 10.2 Å². The van der Waals surface area contributed by atoms with E-state index in [0.29, 0.717) is 42.9 Å². The van der Waals surface area contributed by atoms with Crippen LogP contribution < -0.4 is 5.32 Å². The number of hydrogen-bond donors (Lipinski definition) is 1. The molecule has 2 aromatic rings. The van der Waals surface area contributed by atoms with Crippen molar-refractivity contribution in [3.8, 4) is 0 Å². The Hall–Kier alpha value is -3.30. The molecule has 3 rings (SSSR count). The number of rotatable bonds is 19. The minimum atomic E-state index is -4.09. The maximum absolute atomic E-state index is 15.2. The molecular formula is C36H52N3O7P. The highest BCUT2D eigenvalue weighted by Crippen LogP contribution is 2.65. The highest BCUT2D eigenvalue weighted by Gasteiger charge is 2.46. The van der Waals surface area contributed by atoms with E-state index in [9.17, 15) is 14.9 Å². The van der Waals surface area contributed by atoms with Crippen molar-refractivity contribution in [3.05, 3.63) is 98.1 Å². The molecule has 1 aliphatic heterocycles. The number of dihydropyridines is 1. The Morgan fingerprint density at radius 2 is 1.60 bits per heavy atom. The summed E-state index contributed by atoms with van der Waals surface area (Å²) in [4.78, 5) is 27.4. The fraction of sp³-hybridized carbons (Fsp3) is 0.528. The number of unbranched alkanes of at least 4 members (excludes halogenated alkanes) is 2. The van der Waals surface area contributed by atoms with Gasteiger partial charge in [-0.3, -0.25) is 19.6 Å². The third-order valence-corrected chi connectivity index (χ3v) is 10.7. The first kappa shape index (κ1) is 38.2. The zero-order valence-corrected chi connectivity index (χ0v) is 29.9. The number of nitro benzene ring substituents is 1. The van der Waals surface area contributed by atoms with Gasteiger partial charge in [-0.05, 0) is 58.7 Å². The number of benzene rings is 2. The number of likely N-dealkylation sites (N-methyl/N-ethyl adjacent to an activating group) is 1. The molecule has 3 unspecified atom stereocenters. The Morgan fingerprint density at radius 3 is 2.17 bits per heavy atom. The molecule has 0 saturated heterocycles. The molecule has 11 heteroatoms. The quantitative estimate of drug-likeness (QED) is 0.0677. The van der Waals surface area contributed by atoms with Crippen LogP contribution in [-0.2, 0) is 29.7 Å². The summed E-state index contributed by atoms with van der Waals surface area (Å²) in [7, 11) is -2.14. The van der Waals surface area contributed by atoms with Crippen LogP contribution in [0.2, 0.25) is 0 Å². The van der Waals surface area contributed by atoms with Gasteiger partial charge in [0.05, 0.1) is 33.9 Å². The second-order valence-electron chi connectivity index (χ2n) is 12.4. The lowest BCUT2D eigenvalue weighted by atomic mass is 9.86. The molecule has 47 heavy (non-hydrogen) atoms. The van der Waals surface area contributed by atoms with Gasteiger partial charge in [0.15, 0.2) is 0 Å². The highest BCUT2D eigenvalue weighted by molar-refractivity contribution is 7.58. The molecular weight excluding hydrogens is 617 g/mol. The summed E-state index contributed by atoms with van der Waals surface area (Å²) in [5, 5.41) is 15.4. The van der Waals surface area contributed by atoms with Gasteiger partial charge in [0.25, 0.3) is 5.69 Å². The molecule has 1 heterocycles. The van der Waals surface area contributed by atoms with Crippen molar-refractivity contribution < 1.29 is 28.1 Å². The van der Waals surface area contributed by atoms with Crippen LogP contribution in [0, 0.1) is 10.1 Å². The van der Waals surface area contributed by atoms with Gasteiger partial charge in [-0.25, -0.2) is 4.79 Å². The smallest absolute Gasteiger partial charge is 0.360 e. The number of carbonyl (C=O) groups is 1. The Kier molecular flexibility index (Phi) is 14.9. The molecule has 1 aliphatic rings. The van der Waals surface area contributed by atoms with Crippen molar-refractivity contribution in [1.29, 1.82) is 0 Å². The van der Waals surface area contributed by atoms with Gasteiger partial charge in [-0.15, -0.1) is 0 Å². The van der Waals surface area contributed by atoms with E-state index >= 15 is 4.57 Å². The van der Waals surface area contributed by atoms with Gasteiger partial charge in [0.1, 0.15) is 6.61 Å². The standard InChI is InChI=1S/C36H52N3O7P/c1-8-10-16-26(3)45-47(43,46-27(4)17-11-9-2)35-29(6)37-28(5)33(34(35)31-20-15-21-32(24-31)39(41)42)36(40)44-23-22-38(7)25-30-18-13-12-14-19-30/h12-15,18-21,24,26-27,34,37H,8-11,16-17,22-23,25H2,1-7H3. The molecule has 0 bridgehead atoms. The lowest BCUT2D eigenvalue weighted by molar-refractivity contribution is -0.384. The first-order valence-corrected chi connectivity index (χ1v) is 18.2. The number of nitro groups is 1. The molecule has 0 saturated carbocycles. The predicted molar refractivity (Wildman–Crippen MR) is 186 cm³/mol.